The number of amides is 2. The lowest BCUT2D eigenvalue weighted by Crippen LogP contribution is -2.20. The number of hydrogen-bond acceptors (Lipinski definition) is 3. The summed E-state index contributed by atoms with van der Waals surface area (Å²) >= 11 is 0. The van der Waals surface area contributed by atoms with E-state index in [4.69, 9.17) is 0 Å². The average Bonchev–Trinajstić information content (AvgIpc) is 2.99. The van der Waals surface area contributed by atoms with Crippen LogP contribution < -0.4 is 10.6 Å². The fraction of sp³-hybridized carbons (Fsp3) is 0.174. The van der Waals surface area contributed by atoms with Crippen molar-refractivity contribution in [3.05, 3.63) is 82.9 Å². The fourth-order valence-electron chi connectivity index (χ4n) is 3.10. The molecule has 2 aromatic carbocycles. The van der Waals surface area contributed by atoms with Gasteiger partial charge in [0.05, 0.1) is 11.4 Å². The Morgan fingerprint density at radius 3 is 2.57 bits per heavy atom. The van der Waals surface area contributed by atoms with Crippen molar-refractivity contribution in [2.75, 3.05) is 5.32 Å². The van der Waals surface area contributed by atoms with Crippen LogP contribution in [0.1, 0.15) is 29.4 Å². The first-order valence-corrected chi connectivity index (χ1v) is 9.48. The number of rotatable bonds is 6. The molecule has 0 saturated heterocycles. The number of anilines is 1. The topological polar surface area (TPSA) is 76.0 Å². The maximum atomic E-state index is 13.2. The molecule has 7 heteroatoms. The lowest BCUT2D eigenvalue weighted by Gasteiger charge is -2.06. The van der Waals surface area contributed by atoms with Crippen LogP contribution in [0.25, 0.3) is 11.8 Å². The largest absolute Gasteiger partial charge is 0.348 e. The van der Waals surface area contributed by atoms with E-state index >= 15 is 0 Å². The van der Waals surface area contributed by atoms with Crippen LogP contribution in [0.3, 0.4) is 0 Å². The third-order valence-electron chi connectivity index (χ3n) is 4.53. The van der Waals surface area contributed by atoms with E-state index in [1.54, 1.807) is 29.0 Å². The molecule has 0 saturated carbocycles. The van der Waals surface area contributed by atoms with Gasteiger partial charge in [0.1, 0.15) is 5.82 Å². The molecule has 0 bridgehead atoms. The molecule has 3 rings (SSSR count). The van der Waals surface area contributed by atoms with E-state index in [9.17, 15) is 14.0 Å². The number of benzene rings is 2. The van der Waals surface area contributed by atoms with Gasteiger partial charge in [-0.05, 0) is 61.9 Å². The zero-order valence-corrected chi connectivity index (χ0v) is 17.1. The third-order valence-corrected chi connectivity index (χ3v) is 4.53. The summed E-state index contributed by atoms with van der Waals surface area (Å²) < 4.78 is 14.9. The third kappa shape index (κ3) is 5.20. The summed E-state index contributed by atoms with van der Waals surface area (Å²) in [7, 11) is 0. The lowest BCUT2D eigenvalue weighted by atomic mass is 10.1. The SMILES string of the molecule is CC(=O)Nc1cccc(CNC(=O)/C=C/c2c(C)nn(-c3ccc(F)cc3)c2C)c1. The Morgan fingerprint density at radius 2 is 1.87 bits per heavy atom. The van der Waals surface area contributed by atoms with Crippen LogP contribution >= 0.6 is 0 Å². The molecule has 0 spiro atoms. The molecule has 0 aliphatic rings. The predicted molar refractivity (Wildman–Crippen MR) is 115 cm³/mol. The second-order valence-corrected chi connectivity index (χ2v) is 6.91. The summed E-state index contributed by atoms with van der Waals surface area (Å²) in [5, 5.41) is 10.0. The monoisotopic (exact) mass is 406 g/mol. The first-order chi connectivity index (χ1) is 14.3. The highest BCUT2D eigenvalue weighted by atomic mass is 19.1. The number of carbonyl (C=O) groups excluding carboxylic acids is 2. The number of aryl methyl sites for hydroxylation is 1. The molecule has 2 amide bonds. The number of halogens is 1. The minimum Gasteiger partial charge on any atom is -0.348 e. The molecular weight excluding hydrogens is 383 g/mol. The lowest BCUT2D eigenvalue weighted by molar-refractivity contribution is -0.116. The van der Waals surface area contributed by atoms with Crippen molar-refractivity contribution in [2.24, 2.45) is 0 Å². The van der Waals surface area contributed by atoms with Crippen LogP contribution in [0, 0.1) is 19.7 Å². The minimum absolute atomic E-state index is 0.147. The van der Waals surface area contributed by atoms with Crippen molar-refractivity contribution in [3.63, 3.8) is 0 Å². The van der Waals surface area contributed by atoms with Crippen LogP contribution in [0.4, 0.5) is 10.1 Å². The highest BCUT2D eigenvalue weighted by molar-refractivity contribution is 5.92. The van der Waals surface area contributed by atoms with Crippen molar-refractivity contribution in [1.82, 2.24) is 15.1 Å². The molecule has 0 fully saturated rings. The van der Waals surface area contributed by atoms with Gasteiger partial charge in [-0.25, -0.2) is 9.07 Å². The Bertz CT molecular complexity index is 1100. The van der Waals surface area contributed by atoms with Crippen molar-refractivity contribution < 1.29 is 14.0 Å². The van der Waals surface area contributed by atoms with Crippen LogP contribution in [-0.4, -0.2) is 21.6 Å². The zero-order valence-electron chi connectivity index (χ0n) is 17.1. The fourth-order valence-corrected chi connectivity index (χ4v) is 3.10. The van der Waals surface area contributed by atoms with Crippen LogP contribution in [0.15, 0.2) is 54.6 Å². The van der Waals surface area contributed by atoms with Gasteiger partial charge < -0.3 is 10.6 Å². The van der Waals surface area contributed by atoms with Gasteiger partial charge in [0.15, 0.2) is 0 Å². The maximum Gasteiger partial charge on any atom is 0.244 e. The molecule has 0 aliphatic heterocycles. The molecule has 0 atom stereocenters. The molecule has 0 aliphatic carbocycles. The molecule has 0 unspecified atom stereocenters. The first-order valence-electron chi connectivity index (χ1n) is 9.48. The van der Waals surface area contributed by atoms with Crippen molar-refractivity contribution in [3.8, 4) is 5.69 Å². The van der Waals surface area contributed by atoms with E-state index in [1.165, 1.54) is 25.1 Å². The van der Waals surface area contributed by atoms with Crippen LogP contribution in [-0.2, 0) is 16.1 Å². The van der Waals surface area contributed by atoms with Gasteiger partial charge in [-0.3, -0.25) is 9.59 Å². The Morgan fingerprint density at radius 1 is 1.13 bits per heavy atom. The van der Waals surface area contributed by atoms with Crippen molar-refractivity contribution in [2.45, 2.75) is 27.3 Å². The molecule has 3 aromatic rings. The predicted octanol–water partition coefficient (Wildman–Crippen LogP) is 3.92. The van der Waals surface area contributed by atoms with Gasteiger partial charge in [-0.15, -0.1) is 0 Å². The van der Waals surface area contributed by atoms with Crippen molar-refractivity contribution in [1.29, 1.82) is 0 Å². The second-order valence-electron chi connectivity index (χ2n) is 6.91. The Kier molecular flexibility index (Phi) is 6.41. The van der Waals surface area contributed by atoms with Crippen LogP contribution in [0.2, 0.25) is 0 Å². The normalized spacial score (nSPS) is 10.9. The number of nitrogens with one attached hydrogen (secondary N) is 2. The number of nitrogens with zero attached hydrogens (tertiary/aromatic N) is 2. The number of aromatic nitrogens is 2. The van der Waals surface area contributed by atoms with Gasteiger partial charge in [-0.1, -0.05) is 12.1 Å². The molecular formula is C23H23FN4O2. The summed E-state index contributed by atoms with van der Waals surface area (Å²) in [6.07, 6.45) is 3.18. The van der Waals surface area contributed by atoms with Crippen molar-refractivity contribution >= 4 is 23.6 Å². The molecule has 6 nitrogen and oxygen atoms in total. The summed E-state index contributed by atoms with van der Waals surface area (Å²) in [6.45, 7) is 5.54. The quantitative estimate of drug-likeness (QED) is 0.610. The molecule has 1 heterocycles. The summed E-state index contributed by atoms with van der Waals surface area (Å²) in [5.41, 5.74) is 4.76. The van der Waals surface area contributed by atoms with E-state index in [0.717, 1.165) is 28.2 Å². The van der Waals surface area contributed by atoms with E-state index < -0.39 is 0 Å². The maximum absolute atomic E-state index is 13.2. The standard InChI is InChI=1S/C23H23FN4O2/c1-15-22(16(2)28(27-15)21-9-7-19(24)8-10-21)11-12-23(30)25-14-18-5-4-6-20(13-18)26-17(3)29/h4-13H,14H2,1-3H3,(H,25,30)(H,26,29)/b12-11+. The van der Waals surface area contributed by atoms with E-state index in [2.05, 4.69) is 15.7 Å². The molecule has 1 aromatic heterocycles. The summed E-state index contributed by atoms with van der Waals surface area (Å²) in [4.78, 5) is 23.4. The Balaban J connectivity index is 1.67. The second kappa shape index (κ2) is 9.17. The summed E-state index contributed by atoms with van der Waals surface area (Å²) in [5.74, 6) is -0.695. The molecule has 0 radical (unpaired) electrons. The Hall–Kier alpha value is -3.74. The Labute approximate surface area is 174 Å². The number of carbonyl (C=O) groups is 2. The number of hydrogen-bond donors (Lipinski definition) is 2. The molecule has 154 valence electrons. The molecule has 2 N–H and O–H groups in total. The first kappa shape index (κ1) is 21.0. The smallest absolute Gasteiger partial charge is 0.244 e. The van der Waals surface area contributed by atoms with Gasteiger partial charge in [-0.2, -0.15) is 5.10 Å². The van der Waals surface area contributed by atoms with Crippen LogP contribution in [0.5, 0.6) is 0 Å². The average molecular weight is 406 g/mol. The van der Waals surface area contributed by atoms with Gasteiger partial charge >= 0.3 is 0 Å². The summed E-state index contributed by atoms with van der Waals surface area (Å²) in [6, 6.07) is 13.4. The zero-order chi connectivity index (χ0) is 21.7. The van der Waals surface area contributed by atoms with Gasteiger partial charge in [0.25, 0.3) is 0 Å². The van der Waals surface area contributed by atoms with E-state index in [0.29, 0.717) is 12.2 Å². The van der Waals surface area contributed by atoms with E-state index in [-0.39, 0.29) is 17.6 Å². The minimum atomic E-state index is -0.306. The highest BCUT2D eigenvalue weighted by Gasteiger charge is 2.11. The highest BCUT2D eigenvalue weighted by Crippen LogP contribution is 2.19. The van der Waals surface area contributed by atoms with Gasteiger partial charge in [0, 0.05) is 36.5 Å². The van der Waals surface area contributed by atoms with E-state index in [1.807, 2.05) is 32.0 Å². The van der Waals surface area contributed by atoms with Gasteiger partial charge in [0.2, 0.25) is 11.8 Å². The molecule has 30 heavy (non-hydrogen) atoms.